The van der Waals surface area contributed by atoms with E-state index in [1.807, 2.05) is 24.3 Å². The molecular weight excluding hydrogens is 302 g/mol. The Morgan fingerprint density at radius 1 is 1.11 bits per heavy atom. The van der Waals surface area contributed by atoms with Crippen LogP contribution in [0.25, 0.3) is 0 Å². The van der Waals surface area contributed by atoms with Gasteiger partial charge in [-0.25, -0.2) is 0 Å². The number of hydrogen-bond donors (Lipinski definition) is 1. The number of ether oxygens (including phenoxy) is 1. The molecule has 1 aliphatic carbocycles. The van der Waals surface area contributed by atoms with Gasteiger partial charge in [-0.1, -0.05) is 27.6 Å². The Morgan fingerprint density at radius 3 is 2.68 bits per heavy atom. The van der Waals surface area contributed by atoms with Crippen molar-refractivity contribution >= 4 is 15.9 Å². The molecule has 1 N–H and O–H groups in total. The standard InChI is InChI=1S/C16H22BrNO/c17-15-6-8-16(9-7-15)19-13-12-18-11-10-14-4-2-1-3-5-14/h4,6-9,18H,1-3,5,10-13H2. The first kappa shape index (κ1) is 14.6. The first-order valence-corrected chi connectivity index (χ1v) is 7.91. The van der Waals surface area contributed by atoms with Crippen LogP contribution in [0.3, 0.4) is 0 Å². The van der Waals surface area contributed by atoms with Crippen LogP contribution in [0.4, 0.5) is 0 Å². The summed E-state index contributed by atoms with van der Waals surface area (Å²) in [5.74, 6) is 0.931. The summed E-state index contributed by atoms with van der Waals surface area (Å²) in [6.07, 6.45) is 8.94. The molecule has 2 nitrogen and oxygen atoms in total. The molecule has 1 aromatic carbocycles. The molecule has 0 aromatic heterocycles. The van der Waals surface area contributed by atoms with Gasteiger partial charge in [0.25, 0.3) is 0 Å². The minimum Gasteiger partial charge on any atom is -0.492 e. The summed E-state index contributed by atoms with van der Waals surface area (Å²) >= 11 is 3.41. The van der Waals surface area contributed by atoms with Crippen molar-refractivity contribution in [3.63, 3.8) is 0 Å². The molecule has 0 radical (unpaired) electrons. The Balaban J connectivity index is 1.52. The van der Waals surface area contributed by atoms with Crippen molar-refractivity contribution in [1.29, 1.82) is 0 Å². The van der Waals surface area contributed by atoms with Crippen LogP contribution in [0.2, 0.25) is 0 Å². The van der Waals surface area contributed by atoms with Crippen LogP contribution >= 0.6 is 15.9 Å². The summed E-state index contributed by atoms with van der Waals surface area (Å²) < 4.78 is 6.74. The van der Waals surface area contributed by atoms with Gasteiger partial charge in [-0.2, -0.15) is 0 Å². The molecule has 0 atom stereocenters. The Hall–Kier alpha value is -0.800. The zero-order valence-electron chi connectivity index (χ0n) is 11.3. The van der Waals surface area contributed by atoms with E-state index in [1.165, 1.54) is 32.1 Å². The fourth-order valence-electron chi connectivity index (χ4n) is 2.28. The molecular formula is C16H22BrNO. The largest absolute Gasteiger partial charge is 0.492 e. The van der Waals surface area contributed by atoms with Crippen molar-refractivity contribution in [3.05, 3.63) is 40.4 Å². The lowest BCUT2D eigenvalue weighted by Gasteiger charge is -2.13. The molecule has 104 valence electrons. The van der Waals surface area contributed by atoms with Crippen LogP contribution in [0, 0.1) is 0 Å². The average molecular weight is 324 g/mol. The van der Waals surface area contributed by atoms with Gasteiger partial charge in [0.2, 0.25) is 0 Å². The predicted molar refractivity (Wildman–Crippen MR) is 83.7 cm³/mol. The van der Waals surface area contributed by atoms with Gasteiger partial charge in [-0.05, 0) is 62.9 Å². The zero-order chi connectivity index (χ0) is 13.3. The maximum Gasteiger partial charge on any atom is 0.119 e. The second-order valence-corrected chi connectivity index (χ2v) is 5.83. The molecule has 0 unspecified atom stereocenters. The average Bonchev–Trinajstić information content (AvgIpc) is 2.46. The third kappa shape index (κ3) is 5.79. The molecule has 0 saturated carbocycles. The van der Waals surface area contributed by atoms with E-state index in [0.717, 1.165) is 29.9 Å². The van der Waals surface area contributed by atoms with Crippen LogP contribution in [0.15, 0.2) is 40.4 Å². The number of benzene rings is 1. The second-order valence-electron chi connectivity index (χ2n) is 4.91. The van der Waals surface area contributed by atoms with Crippen LogP contribution in [0.1, 0.15) is 32.1 Å². The van der Waals surface area contributed by atoms with Gasteiger partial charge in [-0.15, -0.1) is 0 Å². The summed E-state index contributed by atoms with van der Waals surface area (Å²) in [7, 11) is 0. The summed E-state index contributed by atoms with van der Waals surface area (Å²) in [5.41, 5.74) is 1.63. The highest BCUT2D eigenvalue weighted by Crippen LogP contribution is 2.19. The van der Waals surface area contributed by atoms with Crippen LogP contribution in [0.5, 0.6) is 5.75 Å². The van der Waals surface area contributed by atoms with Crippen molar-refractivity contribution in [1.82, 2.24) is 5.32 Å². The molecule has 0 bridgehead atoms. The smallest absolute Gasteiger partial charge is 0.119 e. The van der Waals surface area contributed by atoms with E-state index in [1.54, 1.807) is 5.57 Å². The number of nitrogens with one attached hydrogen (secondary N) is 1. The number of halogens is 1. The van der Waals surface area contributed by atoms with E-state index in [4.69, 9.17) is 4.74 Å². The molecule has 0 fully saturated rings. The monoisotopic (exact) mass is 323 g/mol. The van der Waals surface area contributed by atoms with E-state index in [-0.39, 0.29) is 0 Å². The molecule has 0 heterocycles. The van der Waals surface area contributed by atoms with Gasteiger partial charge in [0.1, 0.15) is 12.4 Å². The Labute approximate surface area is 124 Å². The first-order valence-electron chi connectivity index (χ1n) is 7.11. The minimum atomic E-state index is 0.723. The van der Waals surface area contributed by atoms with Crippen molar-refractivity contribution in [2.45, 2.75) is 32.1 Å². The lowest BCUT2D eigenvalue weighted by molar-refractivity contribution is 0.314. The number of allylic oxidation sites excluding steroid dienone is 1. The molecule has 19 heavy (non-hydrogen) atoms. The maximum atomic E-state index is 5.66. The molecule has 0 spiro atoms. The van der Waals surface area contributed by atoms with Gasteiger partial charge in [0.15, 0.2) is 0 Å². The normalized spacial score (nSPS) is 15.1. The SMILES string of the molecule is Brc1ccc(OCCNCCC2=CCCCC2)cc1. The van der Waals surface area contributed by atoms with E-state index in [9.17, 15) is 0 Å². The van der Waals surface area contributed by atoms with Crippen LogP contribution in [-0.2, 0) is 0 Å². The molecule has 1 aromatic rings. The third-order valence-corrected chi connectivity index (χ3v) is 3.90. The highest BCUT2D eigenvalue weighted by atomic mass is 79.9. The van der Waals surface area contributed by atoms with Crippen molar-refractivity contribution < 1.29 is 4.74 Å². The highest BCUT2D eigenvalue weighted by molar-refractivity contribution is 9.10. The Bertz CT molecular complexity index is 400. The summed E-state index contributed by atoms with van der Waals surface area (Å²) in [6.45, 7) is 2.69. The van der Waals surface area contributed by atoms with Gasteiger partial charge in [0.05, 0.1) is 0 Å². The maximum absolute atomic E-state index is 5.66. The number of rotatable bonds is 7. The van der Waals surface area contributed by atoms with E-state index < -0.39 is 0 Å². The molecule has 0 saturated heterocycles. The van der Waals surface area contributed by atoms with E-state index >= 15 is 0 Å². The van der Waals surface area contributed by atoms with Gasteiger partial charge in [-0.3, -0.25) is 0 Å². The van der Waals surface area contributed by atoms with Gasteiger partial charge < -0.3 is 10.1 Å². The topological polar surface area (TPSA) is 21.3 Å². The van der Waals surface area contributed by atoms with E-state index in [2.05, 4.69) is 27.3 Å². The second kappa shape index (κ2) is 8.39. The predicted octanol–water partition coefficient (Wildman–Crippen LogP) is 4.31. The fourth-order valence-corrected chi connectivity index (χ4v) is 2.54. The lowest BCUT2D eigenvalue weighted by atomic mass is 9.97. The molecule has 1 aliphatic rings. The van der Waals surface area contributed by atoms with Gasteiger partial charge in [0, 0.05) is 11.0 Å². The molecule has 0 aliphatic heterocycles. The lowest BCUT2D eigenvalue weighted by Crippen LogP contribution is -2.22. The minimum absolute atomic E-state index is 0.723. The fraction of sp³-hybridized carbons (Fsp3) is 0.500. The van der Waals surface area contributed by atoms with Crippen LogP contribution in [-0.4, -0.2) is 19.7 Å². The highest BCUT2D eigenvalue weighted by Gasteiger charge is 2.02. The zero-order valence-corrected chi connectivity index (χ0v) is 12.9. The molecule has 2 rings (SSSR count). The summed E-state index contributed by atoms with van der Waals surface area (Å²) in [4.78, 5) is 0. The molecule has 3 heteroatoms. The summed E-state index contributed by atoms with van der Waals surface area (Å²) in [6, 6.07) is 7.96. The summed E-state index contributed by atoms with van der Waals surface area (Å²) in [5, 5.41) is 3.44. The van der Waals surface area contributed by atoms with E-state index in [0.29, 0.717) is 0 Å². The number of hydrogen-bond acceptors (Lipinski definition) is 2. The third-order valence-electron chi connectivity index (χ3n) is 3.37. The van der Waals surface area contributed by atoms with Crippen molar-refractivity contribution in [2.75, 3.05) is 19.7 Å². The Kier molecular flexibility index (Phi) is 6.45. The molecule has 0 amide bonds. The first-order chi connectivity index (χ1) is 9.34. The Morgan fingerprint density at radius 2 is 1.95 bits per heavy atom. The quantitative estimate of drug-likeness (QED) is 0.596. The van der Waals surface area contributed by atoms with Crippen molar-refractivity contribution in [2.24, 2.45) is 0 Å². The van der Waals surface area contributed by atoms with Crippen molar-refractivity contribution in [3.8, 4) is 5.75 Å². The van der Waals surface area contributed by atoms with Gasteiger partial charge >= 0.3 is 0 Å². The van der Waals surface area contributed by atoms with Crippen LogP contribution < -0.4 is 10.1 Å².